The fourth-order valence-corrected chi connectivity index (χ4v) is 6.35. The lowest BCUT2D eigenvalue weighted by Crippen LogP contribution is -2.44. The number of furan rings is 1. The van der Waals surface area contributed by atoms with E-state index in [0.717, 1.165) is 37.4 Å². The summed E-state index contributed by atoms with van der Waals surface area (Å²) < 4.78 is 35.2. The molecule has 1 fully saturated rings. The number of carboxylic acids is 1. The molecule has 0 bridgehead atoms. The summed E-state index contributed by atoms with van der Waals surface area (Å²) >= 11 is 0. The van der Waals surface area contributed by atoms with Crippen molar-refractivity contribution in [3.05, 3.63) is 89.7 Å². The van der Waals surface area contributed by atoms with Crippen LogP contribution in [-0.4, -0.2) is 64.2 Å². The van der Waals surface area contributed by atoms with Crippen molar-refractivity contribution in [1.29, 1.82) is 0 Å². The predicted molar refractivity (Wildman–Crippen MR) is 149 cm³/mol. The van der Waals surface area contributed by atoms with Crippen LogP contribution in [0.2, 0.25) is 0 Å². The number of nitrogens with zero attached hydrogens (tertiary/aromatic N) is 3. The molecule has 1 aliphatic rings. The van der Waals surface area contributed by atoms with Gasteiger partial charge in [-0.2, -0.15) is 0 Å². The molecule has 4 aromatic rings. The number of anilines is 2. The molecule has 0 aliphatic carbocycles. The summed E-state index contributed by atoms with van der Waals surface area (Å²) in [5.74, 6) is -1.37. The molecule has 1 aliphatic heterocycles. The average molecular weight is 534 g/mol. The maximum Gasteiger partial charge on any atom is 0.372 e. The summed E-state index contributed by atoms with van der Waals surface area (Å²) in [6.07, 6.45) is 0.537. The third kappa shape index (κ3) is 5.12. The summed E-state index contributed by atoms with van der Waals surface area (Å²) in [5.41, 5.74) is 3.36. The van der Waals surface area contributed by atoms with E-state index in [9.17, 15) is 18.3 Å². The molecule has 8 nitrogen and oxygen atoms in total. The van der Waals surface area contributed by atoms with Crippen LogP contribution in [0.1, 0.15) is 21.7 Å². The molecule has 1 saturated heterocycles. The van der Waals surface area contributed by atoms with Gasteiger partial charge >= 0.3 is 5.97 Å². The van der Waals surface area contributed by atoms with Gasteiger partial charge in [-0.15, -0.1) is 0 Å². The van der Waals surface area contributed by atoms with Gasteiger partial charge < -0.3 is 19.3 Å². The second-order valence-corrected chi connectivity index (χ2v) is 11.5. The van der Waals surface area contributed by atoms with E-state index in [4.69, 9.17) is 4.42 Å². The number of carboxylic acid groups (broad SMARTS) is 1. The fraction of sp³-hybridized carbons (Fsp3) is 0.276. The minimum atomic E-state index is -3.98. The molecule has 0 amide bonds. The first-order valence-electron chi connectivity index (χ1n) is 12.6. The van der Waals surface area contributed by atoms with Gasteiger partial charge in [0.1, 0.15) is 5.58 Å². The normalized spacial score (nSPS) is 14.6. The van der Waals surface area contributed by atoms with Crippen molar-refractivity contribution in [2.24, 2.45) is 0 Å². The largest absolute Gasteiger partial charge is 0.475 e. The second kappa shape index (κ2) is 10.5. The van der Waals surface area contributed by atoms with Crippen LogP contribution < -0.4 is 9.21 Å². The van der Waals surface area contributed by atoms with E-state index in [1.165, 1.54) is 22.5 Å². The highest BCUT2D eigenvalue weighted by molar-refractivity contribution is 7.92. The zero-order valence-corrected chi connectivity index (χ0v) is 22.3. The number of aryl methyl sites for hydroxylation is 1. The number of hydrogen-bond acceptors (Lipinski definition) is 6. The molecule has 2 heterocycles. The molecule has 3 aromatic carbocycles. The Morgan fingerprint density at radius 1 is 0.974 bits per heavy atom. The van der Waals surface area contributed by atoms with E-state index >= 15 is 0 Å². The smallest absolute Gasteiger partial charge is 0.372 e. The number of aromatic carboxylic acids is 1. The Kier molecular flexibility index (Phi) is 7.14. The Balaban J connectivity index is 1.54. The molecule has 0 radical (unpaired) electrons. The van der Waals surface area contributed by atoms with Crippen molar-refractivity contribution >= 4 is 38.3 Å². The van der Waals surface area contributed by atoms with Crippen LogP contribution >= 0.6 is 0 Å². The molecule has 1 N–H and O–H groups in total. The molecule has 0 unspecified atom stereocenters. The Morgan fingerprint density at radius 3 is 2.42 bits per heavy atom. The predicted octanol–water partition coefficient (Wildman–Crippen LogP) is 4.63. The van der Waals surface area contributed by atoms with Gasteiger partial charge in [-0.3, -0.25) is 4.31 Å². The van der Waals surface area contributed by atoms with Crippen LogP contribution in [0.5, 0.6) is 0 Å². The average Bonchev–Trinajstić information content (AvgIpc) is 3.26. The first-order valence-corrected chi connectivity index (χ1v) is 14.0. The summed E-state index contributed by atoms with van der Waals surface area (Å²) in [4.78, 5) is 16.2. The molecule has 38 heavy (non-hydrogen) atoms. The van der Waals surface area contributed by atoms with Crippen LogP contribution in [0, 0.1) is 6.92 Å². The van der Waals surface area contributed by atoms with E-state index in [-0.39, 0.29) is 17.2 Å². The maximum atomic E-state index is 14.1. The van der Waals surface area contributed by atoms with Crippen LogP contribution in [0.4, 0.5) is 11.4 Å². The number of piperazine rings is 1. The number of likely N-dealkylation sites (N-methyl/N-ethyl adjacent to an activating group) is 1. The summed E-state index contributed by atoms with van der Waals surface area (Å²) in [5, 5.41) is 9.90. The quantitative estimate of drug-likeness (QED) is 0.353. The number of benzene rings is 3. The van der Waals surface area contributed by atoms with Crippen molar-refractivity contribution < 1.29 is 22.7 Å². The van der Waals surface area contributed by atoms with Gasteiger partial charge in [-0.1, -0.05) is 36.4 Å². The van der Waals surface area contributed by atoms with Crippen molar-refractivity contribution in [2.45, 2.75) is 18.2 Å². The Bertz CT molecular complexity index is 1560. The zero-order chi connectivity index (χ0) is 26.9. The second-order valence-electron chi connectivity index (χ2n) is 9.64. The molecule has 1 aromatic heterocycles. The van der Waals surface area contributed by atoms with E-state index in [1.807, 2.05) is 54.6 Å². The van der Waals surface area contributed by atoms with Crippen molar-refractivity contribution in [3.63, 3.8) is 0 Å². The number of rotatable bonds is 8. The SMILES string of the molecule is Cc1c(C(=O)O)oc2ccc(S(=O)(=O)N(CCc3ccccc3)c3cccc(N4CCN(C)CC4)c3)cc12. The van der Waals surface area contributed by atoms with Crippen molar-refractivity contribution in [3.8, 4) is 0 Å². The lowest BCUT2D eigenvalue weighted by atomic mass is 10.1. The molecule has 0 atom stereocenters. The zero-order valence-electron chi connectivity index (χ0n) is 21.5. The van der Waals surface area contributed by atoms with Gasteiger partial charge in [0.15, 0.2) is 0 Å². The minimum Gasteiger partial charge on any atom is -0.475 e. The molecule has 0 spiro atoms. The number of hydrogen-bond donors (Lipinski definition) is 1. The molecule has 198 valence electrons. The highest BCUT2D eigenvalue weighted by atomic mass is 32.2. The summed E-state index contributed by atoms with van der Waals surface area (Å²) in [6.45, 7) is 5.52. The van der Waals surface area contributed by atoms with Gasteiger partial charge in [0.25, 0.3) is 10.0 Å². The van der Waals surface area contributed by atoms with Crippen molar-refractivity contribution in [1.82, 2.24) is 4.90 Å². The van der Waals surface area contributed by atoms with Crippen LogP contribution in [0.15, 0.2) is 82.1 Å². The third-order valence-corrected chi connectivity index (χ3v) is 8.95. The van der Waals surface area contributed by atoms with Gasteiger partial charge in [-0.25, -0.2) is 13.2 Å². The van der Waals surface area contributed by atoms with E-state index in [0.29, 0.717) is 28.6 Å². The van der Waals surface area contributed by atoms with Crippen LogP contribution in [0.25, 0.3) is 11.0 Å². The lowest BCUT2D eigenvalue weighted by molar-refractivity contribution is 0.0664. The lowest BCUT2D eigenvalue weighted by Gasteiger charge is -2.34. The summed E-state index contributed by atoms with van der Waals surface area (Å²) in [6, 6.07) is 22.0. The molecule has 5 rings (SSSR count). The molecule has 9 heteroatoms. The van der Waals surface area contributed by atoms with Gasteiger partial charge in [0.05, 0.1) is 10.6 Å². The van der Waals surface area contributed by atoms with Crippen LogP contribution in [0.3, 0.4) is 0 Å². The first kappa shape index (κ1) is 25.8. The van der Waals surface area contributed by atoms with E-state index in [2.05, 4.69) is 16.8 Å². The van der Waals surface area contributed by atoms with E-state index < -0.39 is 16.0 Å². The Hall–Kier alpha value is -3.82. The Morgan fingerprint density at radius 2 is 1.71 bits per heavy atom. The Labute approximate surface area is 222 Å². The first-order chi connectivity index (χ1) is 18.2. The van der Waals surface area contributed by atoms with E-state index in [1.54, 1.807) is 6.92 Å². The number of carbonyl (C=O) groups is 1. The van der Waals surface area contributed by atoms with Gasteiger partial charge in [0, 0.05) is 49.4 Å². The summed E-state index contributed by atoms with van der Waals surface area (Å²) in [7, 11) is -1.88. The van der Waals surface area contributed by atoms with Crippen LogP contribution in [-0.2, 0) is 16.4 Å². The highest BCUT2D eigenvalue weighted by Crippen LogP contribution is 2.32. The number of sulfonamides is 1. The molecular weight excluding hydrogens is 502 g/mol. The maximum absolute atomic E-state index is 14.1. The number of fused-ring (bicyclic) bond motifs is 1. The van der Waals surface area contributed by atoms with Crippen molar-refractivity contribution in [2.75, 3.05) is 49.0 Å². The molecule has 0 saturated carbocycles. The highest BCUT2D eigenvalue weighted by Gasteiger charge is 2.27. The molecular formula is C29H31N3O5S. The van der Waals surface area contributed by atoms with Gasteiger partial charge in [0.2, 0.25) is 5.76 Å². The van der Waals surface area contributed by atoms with Gasteiger partial charge in [-0.05, 0) is 62.4 Å². The third-order valence-electron chi connectivity index (χ3n) is 7.12. The minimum absolute atomic E-state index is 0.0869. The fourth-order valence-electron chi connectivity index (χ4n) is 4.86. The topological polar surface area (TPSA) is 94.3 Å². The standard InChI is InChI=1S/C29H31N3O5S/c1-21-26-20-25(11-12-27(26)37-28(21)29(33)34)38(35,36)32(14-13-22-7-4-3-5-8-22)24-10-6-9-23(19-24)31-17-15-30(2)16-18-31/h3-12,19-20H,13-18H2,1-2H3,(H,33,34). The monoisotopic (exact) mass is 533 g/mol.